The Labute approximate surface area is 98.1 Å². The highest BCUT2D eigenvalue weighted by atomic mass is 32.2. The van der Waals surface area contributed by atoms with Crippen molar-refractivity contribution in [3.05, 3.63) is 36.4 Å². The molecule has 0 radical (unpaired) electrons. The van der Waals surface area contributed by atoms with Gasteiger partial charge in [-0.05, 0) is 19.1 Å². The second-order valence-corrected chi connectivity index (χ2v) is 4.87. The van der Waals surface area contributed by atoms with Crippen LogP contribution in [-0.4, -0.2) is 16.1 Å². The Bertz CT molecular complexity index is 527. The third-order valence-corrected chi connectivity index (χ3v) is 3.33. The first-order valence-electron chi connectivity index (χ1n) is 4.98. The summed E-state index contributed by atoms with van der Waals surface area (Å²) in [6, 6.07) is 11.8. The lowest BCUT2D eigenvalue weighted by molar-refractivity contribution is -0.117. The Morgan fingerprint density at radius 3 is 2.81 bits per heavy atom. The normalized spacial score (nSPS) is 12.6. The van der Waals surface area contributed by atoms with Gasteiger partial charge in [-0.25, -0.2) is 4.98 Å². The van der Waals surface area contributed by atoms with Crippen molar-refractivity contribution in [2.75, 3.05) is 0 Å². The first-order chi connectivity index (χ1) is 7.66. The first kappa shape index (κ1) is 11.0. The number of nitrogens with two attached hydrogens (primary N) is 1. The Morgan fingerprint density at radius 2 is 2.06 bits per heavy atom. The molecule has 0 saturated carbocycles. The SMILES string of the molecule is C[C@@H](Sc1ccc2ccccc2n1)C(N)=O. The predicted molar refractivity (Wildman–Crippen MR) is 66.3 cm³/mol. The Morgan fingerprint density at radius 1 is 1.31 bits per heavy atom. The van der Waals surface area contributed by atoms with Crippen LogP contribution in [0.15, 0.2) is 41.4 Å². The van der Waals surface area contributed by atoms with Gasteiger partial charge in [-0.2, -0.15) is 0 Å². The van der Waals surface area contributed by atoms with Crippen LogP contribution in [-0.2, 0) is 4.79 Å². The van der Waals surface area contributed by atoms with Crippen LogP contribution >= 0.6 is 11.8 Å². The van der Waals surface area contributed by atoms with Crippen LogP contribution in [0.2, 0.25) is 0 Å². The number of amides is 1. The van der Waals surface area contributed by atoms with E-state index in [1.165, 1.54) is 11.8 Å². The van der Waals surface area contributed by atoms with Crippen molar-refractivity contribution in [1.29, 1.82) is 0 Å². The molecule has 0 bridgehead atoms. The fourth-order valence-electron chi connectivity index (χ4n) is 1.35. The molecule has 0 aliphatic heterocycles. The van der Waals surface area contributed by atoms with Crippen LogP contribution in [0.5, 0.6) is 0 Å². The maximum Gasteiger partial charge on any atom is 0.230 e. The van der Waals surface area contributed by atoms with Gasteiger partial charge in [0.2, 0.25) is 5.91 Å². The summed E-state index contributed by atoms with van der Waals surface area (Å²) in [5.41, 5.74) is 6.14. The van der Waals surface area contributed by atoms with Crippen molar-refractivity contribution in [3.63, 3.8) is 0 Å². The number of primary amides is 1. The molecular weight excluding hydrogens is 220 g/mol. The molecule has 1 heterocycles. The molecule has 4 heteroatoms. The Kier molecular flexibility index (Phi) is 3.10. The number of benzene rings is 1. The van der Waals surface area contributed by atoms with E-state index in [9.17, 15) is 4.79 Å². The van der Waals surface area contributed by atoms with Crippen molar-refractivity contribution in [2.45, 2.75) is 17.2 Å². The minimum absolute atomic E-state index is 0.256. The molecule has 3 nitrogen and oxygen atoms in total. The molecular formula is C12H12N2OS. The van der Waals surface area contributed by atoms with Gasteiger partial charge in [-0.15, -0.1) is 0 Å². The van der Waals surface area contributed by atoms with E-state index in [1.54, 1.807) is 6.92 Å². The maximum atomic E-state index is 10.9. The van der Waals surface area contributed by atoms with Gasteiger partial charge >= 0.3 is 0 Å². The fraction of sp³-hybridized carbons (Fsp3) is 0.167. The number of carbonyl (C=O) groups is 1. The molecule has 2 rings (SSSR count). The number of pyridine rings is 1. The molecule has 0 fully saturated rings. The number of hydrogen-bond donors (Lipinski definition) is 1. The van der Waals surface area contributed by atoms with Crippen molar-refractivity contribution in [3.8, 4) is 0 Å². The second kappa shape index (κ2) is 4.53. The Balaban J connectivity index is 2.29. The third-order valence-electron chi connectivity index (χ3n) is 2.27. The van der Waals surface area contributed by atoms with E-state index in [-0.39, 0.29) is 11.2 Å². The number of para-hydroxylation sites is 1. The van der Waals surface area contributed by atoms with Crippen molar-refractivity contribution in [1.82, 2.24) is 4.98 Å². The average Bonchev–Trinajstić information content (AvgIpc) is 2.28. The molecule has 82 valence electrons. The van der Waals surface area contributed by atoms with Gasteiger partial charge in [-0.3, -0.25) is 4.79 Å². The van der Waals surface area contributed by atoms with Crippen LogP contribution in [0.3, 0.4) is 0 Å². The highest BCUT2D eigenvalue weighted by Gasteiger charge is 2.11. The van der Waals surface area contributed by atoms with Crippen molar-refractivity contribution < 1.29 is 4.79 Å². The second-order valence-electron chi connectivity index (χ2n) is 3.50. The summed E-state index contributed by atoms with van der Waals surface area (Å²) >= 11 is 1.38. The zero-order chi connectivity index (χ0) is 11.5. The van der Waals surface area contributed by atoms with E-state index in [0.717, 1.165) is 15.9 Å². The number of thioether (sulfide) groups is 1. The standard InChI is InChI=1S/C12H12N2OS/c1-8(12(13)15)16-11-7-6-9-4-2-3-5-10(9)14-11/h2-8H,1H3,(H2,13,15)/t8-/m1/s1. The van der Waals surface area contributed by atoms with E-state index < -0.39 is 0 Å². The average molecular weight is 232 g/mol. The van der Waals surface area contributed by atoms with Gasteiger partial charge in [0.15, 0.2) is 0 Å². The molecule has 0 aliphatic carbocycles. The number of fused-ring (bicyclic) bond motifs is 1. The quantitative estimate of drug-likeness (QED) is 0.825. The largest absolute Gasteiger partial charge is 0.369 e. The predicted octanol–water partition coefficient (Wildman–Crippen LogP) is 2.20. The highest BCUT2D eigenvalue weighted by Crippen LogP contribution is 2.23. The first-order valence-corrected chi connectivity index (χ1v) is 5.86. The number of hydrogen-bond acceptors (Lipinski definition) is 3. The summed E-state index contributed by atoms with van der Waals surface area (Å²) in [4.78, 5) is 15.4. The molecule has 2 N–H and O–H groups in total. The van der Waals surface area contributed by atoms with Crippen molar-refractivity contribution in [2.24, 2.45) is 5.73 Å². The molecule has 1 aromatic heterocycles. The number of nitrogens with zero attached hydrogens (tertiary/aromatic N) is 1. The molecule has 1 amide bonds. The van der Waals surface area contributed by atoms with Crippen LogP contribution in [0, 0.1) is 0 Å². The lowest BCUT2D eigenvalue weighted by Gasteiger charge is -2.06. The Hall–Kier alpha value is -1.55. The van der Waals surface area contributed by atoms with Gasteiger partial charge in [-0.1, -0.05) is 36.0 Å². The molecule has 0 spiro atoms. The summed E-state index contributed by atoms with van der Waals surface area (Å²) in [5, 5.41) is 1.66. The summed E-state index contributed by atoms with van der Waals surface area (Å²) in [5.74, 6) is -0.319. The zero-order valence-electron chi connectivity index (χ0n) is 8.88. The van der Waals surface area contributed by atoms with Crippen LogP contribution in [0.1, 0.15) is 6.92 Å². The molecule has 0 saturated heterocycles. The number of aromatic nitrogens is 1. The highest BCUT2D eigenvalue weighted by molar-refractivity contribution is 8.00. The van der Waals surface area contributed by atoms with Crippen LogP contribution in [0.4, 0.5) is 0 Å². The van der Waals surface area contributed by atoms with Gasteiger partial charge in [0.05, 0.1) is 15.8 Å². The lowest BCUT2D eigenvalue weighted by atomic mass is 10.2. The minimum atomic E-state index is -0.319. The number of carbonyl (C=O) groups excluding carboxylic acids is 1. The van der Waals surface area contributed by atoms with E-state index in [4.69, 9.17) is 5.73 Å². The van der Waals surface area contributed by atoms with E-state index in [1.807, 2.05) is 36.4 Å². The van der Waals surface area contributed by atoms with Gasteiger partial charge in [0.25, 0.3) is 0 Å². The van der Waals surface area contributed by atoms with E-state index >= 15 is 0 Å². The molecule has 16 heavy (non-hydrogen) atoms. The molecule has 2 aromatic rings. The minimum Gasteiger partial charge on any atom is -0.369 e. The van der Waals surface area contributed by atoms with Gasteiger partial charge < -0.3 is 5.73 Å². The topological polar surface area (TPSA) is 56.0 Å². The maximum absolute atomic E-state index is 10.9. The third kappa shape index (κ3) is 2.33. The zero-order valence-corrected chi connectivity index (χ0v) is 9.70. The fourth-order valence-corrected chi connectivity index (χ4v) is 2.13. The monoisotopic (exact) mass is 232 g/mol. The van der Waals surface area contributed by atoms with E-state index in [0.29, 0.717) is 0 Å². The summed E-state index contributed by atoms with van der Waals surface area (Å²) in [7, 11) is 0. The molecule has 1 aromatic carbocycles. The van der Waals surface area contributed by atoms with Gasteiger partial charge in [0.1, 0.15) is 0 Å². The number of rotatable bonds is 3. The molecule has 1 atom stereocenters. The smallest absolute Gasteiger partial charge is 0.230 e. The molecule has 0 unspecified atom stereocenters. The summed E-state index contributed by atoms with van der Waals surface area (Å²) < 4.78 is 0. The van der Waals surface area contributed by atoms with Crippen molar-refractivity contribution >= 4 is 28.6 Å². The molecule has 0 aliphatic rings. The summed E-state index contributed by atoms with van der Waals surface area (Å²) in [6.07, 6.45) is 0. The summed E-state index contributed by atoms with van der Waals surface area (Å²) in [6.45, 7) is 1.78. The van der Waals surface area contributed by atoms with Gasteiger partial charge in [0, 0.05) is 5.39 Å². The van der Waals surface area contributed by atoms with Crippen LogP contribution < -0.4 is 5.73 Å². The lowest BCUT2D eigenvalue weighted by Crippen LogP contribution is -2.22. The van der Waals surface area contributed by atoms with E-state index in [2.05, 4.69) is 4.98 Å². The van der Waals surface area contributed by atoms with Crippen LogP contribution in [0.25, 0.3) is 10.9 Å².